The fourth-order valence-corrected chi connectivity index (χ4v) is 3.16. The number of carbonyl (C=O) groups excluding carboxylic acids is 1. The highest BCUT2D eigenvalue weighted by molar-refractivity contribution is 5.89. The van der Waals surface area contributed by atoms with Gasteiger partial charge in [0, 0.05) is 5.92 Å². The van der Waals surface area contributed by atoms with Crippen LogP contribution in [0.25, 0.3) is 0 Å². The number of ether oxygens (including phenoxy) is 3. The molecule has 1 N–H and O–H groups in total. The van der Waals surface area contributed by atoms with Crippen LogP contribution < -0.4 is 0 Å². The molecule has 1 saturated heterocycles. The Kier molecular flexibility index (Phi) is 2.03. The predicted octanol–water partition coefficient (Wildman–Crippen LogP) is 0.392. The maximum absolute atomic E-state index is 11.6. The molecule has 0 amide bonds. The zero-order valence-corrected chi connectivity index (χ0v) is 9.01. The number of hydrogen-bond donors (Lipinski definition) is 1. The second kappa shape index (κ2) is 3.21. The van der Waals surface area contributed by atoms with E-state index in [0.717, 1.165) is 12.8 Å². The summed E-state index contributed by atoms with van der Waals surface area (Å²) in [5.74, 6) is -1.75. The fourth-order valence-electron chi connectivity index (χ4n) is 3.16. The van der Waals surface area contributed by atoms with Gasteiger partial charge in [0.25, 0.3) is 0 Å². The summed E-state index contributed by atoms with van der Waals surface area (Å²) >= 11 is 0. The Bertz CT molecular complexity index is 363. The van der Waals surface area contributed by atoms with Gasteiger partial charge in [0.15, 0.2) is 0 Å². The van der Waals surface area contributed by atoms with Gasteiger partial charge in [-0.1, -0.05) is 0 Å². The number of carbonyl (C=O) groups is 1. The molecule has 0 aromatic carbocycles. The summed E-state index contributed by atoms with van der Waals surface area (Å²) in [5, 5.41) is 10.1. The van der Waals surface area contributed by atoms with Crippen molar-refractivity contribution in [3.05, 3.63) is 11.8 Å². The zero-order valence-electron chi connectivity index (χ0n) is 9.01. The highest BCUT2D eigenvalue weighted by atomic mass is 16.8. The summed E-state index contributed by atoms with van der Waals surface area (Å²) < 4.78 is 15.2. The van der Waals surface area contributed by atoms with Crippen LogP contribution in [0.2, 0.25) is 0 Å². The van der Waals surface area contributed by atoms with Gasteiger partial charge in [0.05, 0.1) is 25.2 Å². The average molecular weight is 226 g/mol. The van der Waals surface area contributed by atoms with Crippen LogP contribution in [0.15, 0.2) is 11.8 Å². The number of aliphatic hydroxyl groups is 1. The summed E-state index contributed by atoms with van der Waals surface area (Å²) in [7, 11) is 1.35. The molecular weight excluding hydrogens is 212 g/mol. The molecule has 2 heterocycles. The van der Waals surface area contributed by atoms with Gasteiger partial charge in [0.2, 0.25) is 0 Å². The summed E-state index contributed by atoms with van der Waals surface area (Å²) in [4.78, 5) is 11.6. The SMILES string of the molecule is COC(=O)C1=COC2(O)OCC3CCC1C32. The first-order valence-electron chi connectivity index (χ1n) is 5.48. The van der Waals surface area contributed by atoms with E-state index in [2.05, 4.69) is 0 Å². The lowest BCUT2D eigenvalue weighted by atomic mass is 9.83. The quantitative estimate of drug-likeness (QED) is 0.655. The Morgan fingerprint density at radius 3 is 3.19 bits per heavy atom. The van der Waals surface area contributed by atoms with Crippen molar-refractivity contribution in [1.29, 1.82) is 0 Å². The van der Waals surface area contributed by atoms with E-state index >= 15 is 0 Å². The Morgan fingerprint density at radius 1 is 1.62 bits per heavy atom. The lowest BCUT2D eigenvalue weighted by Crippen LogP contribution is -2.44. The molecule has 4 unspecified atom stereocenters. The van der Waals surface area contributed by atoms with Crippen molar-refractivity contribution in [1.82, 2.24) is 0 Å². The summed E-state index contributed by atoms with van der Waals surface area (Å²) in [6.45, 7) is 0.500. The third-order valence-corrected chi connectivity index (χ3v) is 3.89. The van der Waals surface area contributed by atoms with Crippen LogP contribution in [0.5, 0.6) is 0 Å². The van der Waals surface area contributed by atoms with Crippen LogP contribution in [0, 0.1) is 17.8 Å². The van der Waals surface area contributed by atoms with Crippen molar-refractivity contribution in [2.75, 3.05) is 13.7 Å². The lowest BCUT2D eigenvalue weighted by molar-refractivity contribution is -0.346. The largest absolute Gasteiger partial charge is 0.466 e. The normalized spacial score (nSPS) is 44.6. The first kappa shape index (κ1) is 10.1. The molecule has 0 aromatic rings. The van der Waals surface area contributed by atoms with Crippen LogP contribution in [-0.4, -0.2) is 30.8 Å². The molecule has 2 aliphatic heterocycles. The second-order valence-corrected chi connectivity index (χ2v) is 4.59. The van der Waals surface area contributed by atoms with Gasteiger partial charge in [-0.2, -0.15) is 0 Å². The van der Waals surface area contributed by atoms with E-state index in [-0.39, 0.29) is 23.7 Å². The summed E-state index contributed by atoms with van der Waals surface area (Å²) in [6, 6.07) is 0. The lowest BCUT2D eigenvalue weighted by Gasteiger charge is -2.35. The van der Waals surface area contributed by atoms with E-state index in [0.29, 0.717) is 12.2 Å². The number of hydrogen-bond acceptors (Lipinski definition) is 5. The minimum absolute atomic E-state index is 0.00120. The van der Waals surface area contributed by atoms with Crippen molar-refractivity contribution in [2.45, 2.75) is 18.8 Å². The molecule has 5 heteroatoms. The van der Waals surface area contributed by atoms with Crippen LogP contribution in [0.4, 0.5) is 0 Å². The number of rotatable bonds is 1. The molecule has 3 rings (SSSR count). The highest BCUT2D eigenvalue weighted by Crippen LogP contribution is 2.54. The Hall–Kier alpha value is -1.07. The summed E-state index contributed by atoms with van der Waals surface area (Å²) in [6.07, 6.45) is 3.13. The molecule has 4 atom stereocenters. The maximum atomic E-state index is 11.6. The minimum atomic E-state index is -1.52. The van der Waals surface area contributed by atoms with E-state index in [4.69, 9.17) is 14.2 Å². The van der Waals surface area contributed by atoms with Crippen LogP contribution in [-0.2, 0) is 19.0 Å². The highest BCUT2D eigenvalue weighted by Gasteiger charge is 2.61. The summed E-state index contributed by atoms with van der Waals surface area (Å²) in [5.41, 5.74) is 0.519. The third kappa shape index (κ3) is 1.15. The first-order chi connectivity index (χ1) is 7.65. The van der Waals surface area contributed by atoms with Crippen molar-refractivity contribution >= 4 is 5.97 Å². The van der Waals surface area contributed by atoms with E-state index in [1.807, 2.05) is 0 Å². The molecule has 5 nitrogen and oxygen atoms in total. The van der Waals surface area contributed by atoms with Gasteiger partial charge < -0.3 is 19.3 Å². The Morgan fingerprint density at radius 2 is 2.44 bits per heavy atom. The molecule has 0 aromatic heterocycles. The van der Waals surface area contributed by atoms with Gasteiger partial charge in [-0.3, -0.25) is 0 Å². The van der Waals surface area contributed by atoms with Crippen molar-refractivity contribution in [3.8, 4) is 0 Å². The average Bonchev–Trinajstić information content (AvgIpc) is 2.84. The van der Waals surface area contributed by atoms with E-state index in [1.165, 1.54) is 13.4 Å². The van der Waals surface area contributed by atoms with Crippen molar-refractivity contribution in [3.63, 3.8) is 0 Å². The zero-order chi connectivity index (χ0) is 11.3. The maximum Gasteiger partial charge on any atom is 0.337 e. The smallest absolute Gasteiger partial charge is 0.337 e. The minimum Gasteiger partial charge on any atom is -0.466 e. The molecule has 88 valence electrons. The van der Waals surface area contributed by atoms with Gasteiger partial charge in [-0.15, -0.1) is 0 Å². The third-order valence-electron chi connectivity index (χ3n) is 3.89. The van der Waals surface area contributed by atoms with Crippen LogP contribution >= 0.6 is 0 Å². The van der Waals surface area contributed by atoms with Crippen LogP contribution in [0.1, 0.15) is 12.8 Å². The fraction of sp³-hybridized carbons (Fsp3) is 0.727. The van der Waals surface area contributed by atoms with E-state index in [9.17, 15) is 9.90 Å². The molecule has 1 saturated carbocycles. The molecule has 3 aliphatic rings. The molecule has 0 spiro atoms. The van der Waals surface area contributed by atoms with Crippen molar-refractivity contribution in [2.24, 2.45) is 17.8 Å². The van der Waals surface area contributed by atoms with Crippen LogP contribution in [0.3, 0.4) is 0 Å². The monoisotopic (exact) mass is 226 g/mol. The van der Waals surface area contributed by atoms with Gasteiger partial charge in [-0.25, -0.2) is 4.79 Å². The van der Waals surface area contributed by atoms with Crippen molar-refractivity contribution < 1.29 is 24.1 Å². The van der Waals surface area contributed by atoms with E-state index in [1.54, 1.807) is 0 Å². The molecule has 0 bridgehead atoms. The predicted molar refractivity (Wildman–Crippen MR) is 51.8 cm³/mol. The second-order valence-electron chi connectivity index (χ2n) is 4.59. The molecule has 16 heavy (non-hydrogen) atoms. The topological polar surface area (TPSA) is 65.0 Å². The Labute approximate surface area is 93.0 Å². The van der Waals surface area contributed by atoms with E-state index < -0.39 is 5.97 Å². The number of methoxy groups -OCH3 is 1. The first-order valence-corrected chi connectivity index (χ1v) is 5.48. The molecule has 1 aliphatic carbocycles. The van der Waals surface area contributed by atoms with Gasteiger partial charge in [-0.05, 0) is 18.8 Å². The Balaban J connectivity index is 1.96. The molecule has 2 fully saturated rings. The number of esters is 1. The molecule has 0 radical (unpaired) electrons. The van der Waals surface area contributed by atoms with Gasteiger partial charge >= 0.3 is 11.9 Å². The van der Waals surface area contributed by atoms with Gasteiger partial charge in [0.1, 0.15) is 6.26 Å². The standard InChI is InChI=1S/C11H14O5/c1-14-10(12)8-5-16-11(13)9-6(4-15-11)2-3-7(8)9/h5-7,9,13H,2-4H2,1H3. The molecular formula is C11H14O5.